The monoisotopic (exact) mass is 389 g/mol. The Morgan fingerprint density at radius 1 is 1.11 bits per heavy atom. The predicted molar refractivity (Wildman–Crippen MR) is 107 cm³/mol. The normalized spacial score (nSPS) is 21.9. The number of rotatable bonds is 5. The molecule has 0 radical (unpaired) electrons. The van der Waals surface area contributed by atoms with Crippen molar-refractivity contribution in [2.24, 2.45) is 5.92 Å². The fraction of sp³-hybridized carbons (Fsp3) is 0.636. The Labute approximate surface area is 167 Å². The first-order valence-corrected chi connectivity index (χ1v) is 10.5. The first kappa shape index (κ1) is 20.8. The smallest absolute Gasteiger partial charge is 0.236 e. The molecule has 2 saturated heterocycles. The quantitative estimate of drug-likeness (QED) is 0.778. The first-order valence-electron chi connectivity index (χ1n) is 10.5. The van der Waals surface area contributed by atoms with Crippen molar-refractivity contribution in [1.29, 1.82) is 0 Å². The van der Waals surface area contributed by atoms with Crippen molar-refractivity contribution in [2.75, 3.05) is 32.7 Å². The van der Waals surface area contributed by atoms with Gasteiger partial charge < -0.3 is 9.80 Å². The van der Waals surface area contributed by atoms with Crippen LogP contribution in [0.5, 0.6) is 0 Å². The highest BCUT2D eigenvalue weighted by Crippen LogP contribution is 2.21. The number of carbonyl (C=O) groups excluding carboxylic acids is 2. The van der Waals surface area contributed by atoms with Gasteiger partial charge in [0.2, 0.25) is 11.8 Å². The van der Waals surface area contributed by atoms with E-state index in [4.69, 9.17) is 0 Å². The van der Waals surface area contributed by atoms with Crippen LogP contribution in [0.25, 0.3) is 0 Å². The number of hydrogen-bond acceptors (Lipinski definition) is 3. The molecule has 1 unspecified atom stereocenters. The van der Waals surface area contributed by atoms with Gasteiger partial charge in [0.1, 0.15) is 5.82 Å². The molecule has 3 rings (SSSR count). The molecule has 0 spiro atoms. The molecule has 1 aromatic rings. The molecule has 2 aliphatic heterocycles. The summed E-state index contributed by atoms with van der Waals surface area (Å²) >= 11 is 0. The minimum atomic E-state index is -0.270. The molecule has 1 atom stereocenters. The van der Waals surface area contributed by atoms with Gasteiger partial charge in [-0.1, -0.05) is 26.0 Å². The van der Waals surface area contributed by atoms with Crippen molar-refractivity contribution >= 4 is 11.8 Å². The van der Waals surface area contributed by atoms with Crippen molar-refractivity contribution in [2.45, 2.75) is 52.1 Å². The van der Waals surface area contributed by atoms with E-state index >= 15 is 0 Å². The Bertz CT molecular complexity index is 671. The van der Waals surface area contributed by atoms with Gasteiger partial charge in [-0.3, -0.25) is 14.5 Å². The lowest BCUT2D eigenvalue weighted by molar-refractivity contribution is -0.134. The van der Waals surface area contributed by atoms with Gasteiger partial charge in [-0.15, -0.1) is 0 Å². The molecule has 0 aromatic heterocycles. The minimum Gasteiger partial charge on any atom is -0.342 e. The molecule has 2 amide bonds. The van der Waals surface area contributed by atoms with E-state index in [1.807, 2.05) is 9.80 Å². The van der Waals surface area contributed by atoms with Gasteiger partial charge in [0, 0.05) is 45.2 Å². The van der Waals surface area contributed by atoms with E-state index in [9.17, 15) is 14.0 Å². The van der Waals surface area contributed by atoms with Gasteiger partial charge in [0.25, 0.3) is 0 Å². The average Bonchev–Trinajstić information content (AvgIpc) is 2.84. The summed E-state index contributed by atoms with van der Waals surface area (Å²) in [5.41, 5.74) is 0.929. The predicted octanol–water partition coefficient (Wildman–Crippen LogP) is 2.90. The van der Waals surface area contributed by atoms with Gasteiger partial charge in [-0.25, -0.2) is 4.39 Å². The number of benzene rings is 1. The molecule has 0 bridgehead atoms. The van der Waals surface area contributed by atoms with Crippen molar-refractivity contribution in [3.8, 4) is 0 Å². The summed E-state index contributed by atoms with van der Waals surface area (Å²) < 4.78 is 13.2. The molecular weight excluding hydrogens is 357 g/mol. The van der Waals surface area contributed by atoms with Crippen molar-refractivity contribution in [1.82, 2.24) is 14.7 Å². The fourth-order valence-corrected chi connectivity index (χ4v) is 4.18. The maximum atomic E-state index is 13.2. The molecule has 2 heterocycles. The lowest BCUT2D eigenvalue weighted by atomic mass is 10.0. The van der Waals surface area contributed by atoms with Crippen molar-refractivity contribution in [3.05, 3.63) is 35.6 Å². The Hall–Kier alpha value is -1.95. The third-order valence-electron chi connectivity index (χ3n) is 5.91. The second kappa shape index (κ2) is 9.50. The van der Waals surface area contributed by atoms with Crippen LogP contribution in [0.2, 0.25) is 0 Å². The Kier molecular flexibility index (Phi) is 7.05. The number of amides is 2. The summed E-state index contributed by atoms with van der Waals surface area (Å²) in [5, 5.41) is 0. The van der Waals surface area contributed by atoms with E-state index in [1.54, 1.807) is 12.1 Å². The van der Waals surface area contributed by atoms with Crippen LogP contribution in [0, 0.1) is 11.7 Å². The van der Waals surface area contributed by atoms with E-state index in [-0.39, 0.29) is 29.6 Å². The van der Waals surface area contributed by atoms with Crippen LogP contribution in [0.1, 0.15) is 45.1 Å². The molecule has 6 heteroatoms. The summed E-state index contributed by atoms with van der Waals surface area (Å²) in [6.07, 6.45) is 3.79. The summed E-state index contributed by atoms with van der Waals surface area (Å²) in [4.78, 5) is 31.6. The molecule has 1 aromatic carbocycles. The van der Waals surface area contributed by atoms with Gasteiger partial charge in [-0.2, -0.15) is 0 Å². The third kappa shape index (κ3) is 5.31. The summed E-state index contributed by atoms with van der Waals surface area (Å²) in [6, 6.07) is 6.39. The van der Waals surface area contributed by atoms with E-state index < -0.39 is 0 Å². The van der Waals surface area contributed by atoms with E-state index in [2.05, 4.69) is 18.7 Å². The maximum absolute atomic E-state index is 13.2. The Balaban J connectivity index is 1.68. The van der Waals surface area contributed by atoms with Gasteiger partial charge in [0.05, 0.1) is 6.54 Å². The number of likely N-dealkylation sites (tertiary alicyclic amines) is 1. The summed E-state index contributed by atoms with van der Waals surface area (Å²) in [7, 11) is 0. The number of halogens is 1. The van der Waals surface area contributed by atoms with Crippen LogP contribution in [0.4, 0.5) is 4.39 Å². The number of piperidine rings is 1. The standard InChI is InChI=1S/C22H32FN3O2/c1-17(2)20-15-24(16-22(28)25-11-4-3-5-12-25)13-10-21(27)26(20)14-18-6-8-19(23)9-7-18/h6-9,17,20H,3-5,10-16H2,1-2H3. The van der Waals surface area contributed by atoms with Crippen LogP contribution in [0.15, 0.2) is 24.3 Å². The fourth-order valence-electron chi connectivity index (χ4n) is 4.18. The Morgan fingerprint density at radius 3 is 2.43 bits per heavy atom. The van der Waals surface area contributed by atoms with Gasteiger partial charge >= 0.3 is 0 Å². The molecule has 154 valence electrons. The zero-order valence-electron chi connectivity index (χ0n) is 17.1. The molecule has 2 fully saturated rings. The highest BCUT2D eigenvalue weighted by molar-refractivity contribution is 5.79. The maximum Gasteiger partial charge on any atom is 0.236 e. The van der Waals surface area contributed by atoms with E-state index in [1.165, 1.54) is 18.6 Å². The molecular formula is C22H32FN3O2. The van der Waals surface area contributed by atoms with Crippen LogP contribution in [-0.4, -0.2) is 65.3 Å². The van der Waals surface area contributed by atoms with Crippen LogP contribution < -0.4 is 0 Å². The lowest BCUT2D eigenvalue weighted by Crippen LogP contribution is -2.48. The highest BCUT2D eigenvalue weighted by atomic mass is 19.1. The largest absolute Gasteiger partial charge is 0.342 e. The zero-order chi connectivity index (χ0) is 20.1. The zero-order valence-corrected chi connectivity index (χ0v) is 17.1. The van der Waals surface area contributed by atoms with Crippen molar-refractivity contribution in [3.63, 3.8) is 0 Å². The molecule has 0 N–H and O–H groups in total. The van der Waals surface area contributed by atoms with E-state index in [0.29, 0.717) is 32.6 Å². The number of nitrogens with zero attached hydrogens (tertiary/aromatic N) is 3. The molecule has 0 aliphatic carbocycles. The van der Waals surface area contributed by atoms with Crippen molar-refractivity contribution < 1.29 is 14.0 Å². The summed E-state index contributed by atoms with van der Waals surface area (Å²) in [5.74, 6) is 0.293. The van der Waals surface area contributed by atoms with Crippen LogP contribution in [-0.2, 0) is 16.1 Å². The molecule has 2 aliphatic rings. The van der Waals surface area contributed by atoms with Crippen LogP contribution >= 0.6 is 0 Å². The topological polar surface area (TPSA) is 43.9 Å². The number of carbonyl (C=O) groups is 2. The third-order valence-corrected chi connectivity index (χ3v) is 5.91. The van der Waals surface area contributed by atoms with Gasteiger partial charge in [-0.05, 0) is 42.9 Å². The average molecular weight is 390 g/mol. The minimum absolute atomic E-state index is 0.0363. The Morgan fingerprint density at radius 2 is 1.79 bits per heavy atom. The van der Waals surface area contributed by atoms with Gasteiger partial charge in [0.15, 0.2) is 0 Å². The second-order valence-corrected chi connectivity index (χ2v) is 8.39. The van der Waals surface area contributed by atoms with E-state index in [0.717, 1.165) is 31.5 Å². The first-order chi connectivity index (χ1) is 13.4. The molecule has 28 heavy (non-hydrogen) atoms. The highest BCUT2D eigenvalue weighted by Gasteiger charge is 2.33. The molecule has 5 nitrogen and oxygen atoms in total. The lowest BCUT2D eigenvalue weighted by Gasteiger charge is -2.35. The van der Waals surface area contributed by atoms with Crippen LogP contribution in [0.3, 0.4) is 0 Å². The molecule has 0 saturated carbocycles. The SMILES string of the molecule is CC(C)C1CN(CC(=O)N2CCCCC2)CCC(=O)N1Cc1ccc(F)cc1. The number of hydrogen-bond donors (Lipinski definition) is 0. The summed E-state index contributed by atoms with van der Waals surface area (Å²) in [6.45, 7) is 8.13. The second-order valence-electron chi connectivity index (χ2n) is 8.39.